The van der Waals surface area contributed by atoms with Crippen molar-refractivity contribution >= 4 is 6.09 Å². The van der Waals surface area contributed by atoms with E-state index >= 15 is 0 Å². The van der Waals surface area contributed by atoms with Crippen molar-refractivity contribution in [1.29, 1.82) is 0 Å². The fraction of sp³-hybridized carbons (Fsp3) is 0.545. The van der Waals surface area contributed by atoms with Crippen LogP contribution in [0.25, 0.3) is 0 Å². The van der Waals surface area contributed by atoms with Crippen molar-refractivity contribution in [3.05, 3.63) is 24.7 Å². The Labute approximate surface area is 91.2 Å². The maximum Gasteiger partial charge on any atom is 0.415 e. The van der Waals surface area contributed by atoms with Crippen LogP contribution >= 0.6 is 0 Å². The minimum absolute atomic E-state index is 0.328. The number of allylic oxidation sites excluding steroid dienone is 1. The number of amides is 1. The summed E-state index contributed by atoms with van der Waals surface area (Å²) in [5, 5.41) is 0. The van der Waals surface area contributed by atoms with Crippen LogP contribution in [0.15, 0.2) is 24.7 Å². The fourth-order valence-corrected chi connectivity index (χ4v) is 0.926. The molecule has 4 nitrogen and oxygen atoms in total. The molecule has 0 atom stereocenters. The van der Waals surface area contributed by atoms with Crippen LogP contribution < -0.4 is 0 Å². The zero-order valence-electron chi connectivity index (χ0n) is 9.66. The second-order valence-electron chi connectivity index (χ2n) is 2.72. The SMILES string of the molecule is C=CC(=COCC)OC(=O)N(CC)CC. The van der Waals surface area contributed by atoms with E-state index < -0.39 is 0 Å². The summed E-state index contributed by atoms with van der Waals surface area (Å²) in [7, 11) is 0. The first-order valence-corrected chi connectivity index (χ1v) is 5.10. The van der Waals surface area contributed by atoms with E-state index in [0.717, 1.165) is 0 Å². The van der Waals surface area contributed by atoms with Gasteiger partial charge >= 0.3 is 6.09 Å². The van der Waals surface area contributed by atoms with Gasteiger partial charge < -0.3 is 14.4 Å². The summed E-state index contributed by atoms with van der Waals surface area (Å²) in [4.78, 5) is 13.1. The largest absolute Gasteiger partial charge is 0.498 e. The number of hydrogen-bond donors (Lipinski definition) is 0. The lowest BCUT2D eigenvalue weighted by Crippen LogP contribution is -2.30. The molecule has 0 heterocycles. The number of rotatable bonds is 6. The highest BCUT2D eigenvalue weighted by molar-refractivity contribution is 5.69. The highest BCUT2D eigenvalue weighted by Gasteiger charge is 2.11. The van der Waals surface area contributed by atoms with Gasteiger partial charge in [0.05, 0.1) is 6.61 Å². The highest BCUT2D eigenvalue weighted by atomic mass is 16.6. The van der Waals surface area contributed by atoms with E-state index in [9.17, 15) is 4.79 Å². The lowest BCUT2D eigenvalue weighted by Gasteiger charge is -2.17. The molecule has 0 bridgehead atoms. The van der Waals surface area contributed by atoms with Gasteiger partial charge in [-0.2, -0.15) is 0 Å². The number of hydrogen-bond acceptors (Lipinski definition) is 3. The Hall–Kier alpha value is -1.45. The van der Waals surface area contributed by atoms with Crippen LogP contribution in [0.2, 0.25) is 0 Å². The van der Waals surface area contributed by atoms with Gasteiger partial charge in [0.15, 0.2) is 5.76 Å². The minimum Gasteiger partial charge on any atom is -0.498 e. The first-order valence-electron chi connectivity index (χ1n) is 5.10. The van der Waals surface area contributed by atoms with Crippen LogP contribution in [-0.2, 0) is 9.47 Å². The van der Waals surface area contributed by atoms with Gasteiger partial charge in [0.1, 0.15) is 6.26 Å². The Morgan fingerprint density at radius 2 is 1.93 bits per heavy atom. The molecule has 1 amide bonds. The molecule has 4 heteroatoms. The average molecular weight is 213 g/mol. The summed E-state index contributed by atoms with van der Waals surface area (Å²) in [6.45, 7) is 10.9. The zero-order valence-corrected chi connectivity index (χ0v) is 9.66. The van der Waals surface area contributed by atoms with Crippen molar-refractivity contribution in [2.75, 3.05) is 19.7 Å². The van der Waals surface area contributed by atoms with Gasteiger partial charge in [0.25, 0.3) is 0 Å². The van der Waals surface area contributed by atoms with Gasteiger partial charge in [-0.1, -0.05) is 6.58 Å². The summed E-state index contributed by atoms with van der Waals surface area (Å²) in [6, 6.07) is 0. The number of ether oxygens (including phenoxy) is 2. The topological polar surface area (TPSA) is 38.8 Å². The van der Waals surface area contributed by atoms with Crippen molar-refractivity contribution in [2.45, 2.75) is 20.8 Å². The zero-order chi connectivity index (χ0) is 11.7. The minimum atomic E-state index is -0.383. The molecule has 0 unspecified atom stereocenters. The second-order valence-corrected chi connectivity index (χ2v) is 2.72. The van der Waals surface area contributed by atoms with Crippen LogP contribution in [0.3, 0.4) is 0 Å². The predicted octanol–water partition coefficient (Wildman–Crippen LogP) is 2.53. The van der Waals surface area contributed by atoms with Gasteiger partial charge in [-0.25, -0.2) is 4.79 Å². The molecule has 0 aliphatic heterocycles. The summed E-state index contributed by atoms with van der Waals surface area (Å²) >= 11 is 0. The molecule has 0 aromatic rings. The monoisotopic (exact) mass is 213 g/mol. The summed E-state index contributed by atoms with van der Waals surface area (Å²) < 4.78 is 10.1. The molecule has 0 aromatic heterocycles. The Balaban J connectivity index is 4.28. The lowest BCUT2D eigenvalue weighted by molar-refractivity contribution is 0.130. The maximum absolute atomic E-state index is 11.5. The quantitative estimate of drug-likeness (QED) is 0.502. The van der Waals surface area contributed by atoms with E-state index in [-0.39, 0.29) is 6.09 Å². The molecule has 0 saturated heterocycles. The molecule has 0 fully saturated rings. The lowest BCUT2D eigenvalue weighted by atomic mass is 10.5. The van der Waals surface area contributed by atoms with Crippen LogP contribution in [-0.4, -0.2) is 30.7 Å². The number of carbonyl (C=O) groups excluding carboxylic acids is 1. The van der Waals surface area contributed by atoms with Crippen LogP contribution in [0.5, 0.6) is 0 Å². The normalized spacial score (nSPS) is 10.7. The van der Waals surface area contributed by atoms with Crippen molar-refractivity contribution in [1.82, 2.24) is 4.90 Å². The van der Waals surface area contributed by atoms with E-state index in [0.29, 0.717) is 25.5 Å². The summed E-state index contributed by atoms with van der Waals surface area (Å²) in [6.07, 6.45) is 2.44. The van der Waals surface area contributed by atoms with E-state index in [1.165, 1.54) is 12.3 Å². The van der Waals surface area contributed by atoms with Gasteiger partial charge in [-0.05, 0) is 26.8 Å². The first-order chi connectivity index (χ1) is 7.19. The van der Waals surface area contributed by atoms with Crippen LogP contribution in [0, 0.1) is 0 Å². The molecule has 0 N–H and O–H groups in total. The highest BCUT2D eigenvalue weighted by Crippen LogP contribution is 2.03. The van der Waals surface area contributed by atoms with Gasteiger partial charge in [0.2, 0.25) is 0 Å². The molecule has 0 radical (unpaired) electrons. The predicted molar refractivity (Wildman–Crippen MR) is 59.3 cm³/mol. The molecular formula is C11H19NO3. The molecule has 86 valence electrons. The summed E-state index contributed by atoms with van der Waals surface area (Å²) in [5.41, 5.74) is 0. The van der Waals surface area contributed by atoms with Crippen LogP contribution in [0.1, 0.15) is 20.8 Å². The number of nitrogens with zero attached hydrogens (tertiary/aromatic N) is 1. The smallest absolute Gasteiger partial charge is 0.415 e. The first kappa shape index (κ1) is 13.5. The average Bonchev–Trinajstić information content (AvgIpc) is 2.25. The van der Waals surface area contributed by atoms with Crippen LogP contribution in [0.4, 0.5) is 4.79 Å². The third-order valence-electron chi connectivity index (χ3n) is 1.79. The molecule has 15 heavy (non-hydrogen) atoms. The second kappa shape index (κ2) is 7.91. The maximum atomic E-state index is 11.5. The third-order valence-corrected chi connectivity index (χ3v) is 1.79. The number of carbonyl (C=O) groups is 1. The molecule has 0 rings (SSSR count). The molecule has 0 saturated carbocycles. The molecular weight excluding hydrogens is 194 g/mol. The third kappa shape index (κ3) is 5.10. The van der Waals surface area contributed by atoms with E-state index in [4.69, 9.17) is 9.47 Å². The van der Waals surface area contributed by atoms with Gasteiger partial charge in [0, 0.05) is 13.1 Å². The van der Waals surface area contributed by atoms with Crippen molar-refractivity contribution in [3.63, 3.8) is 0 Å². The molecule has 0 aromatic carbocycles. The Bertz CT molecular complexity index is 232. The Morgan fingerprint density at radius 1 is 1.33 bits per heavy atom. The fourth-order valence-electron chi connectivity index (χ4n) is 0.926. The summed E-state index contributed by atoms with van der Waals surface area (Å²) in [5.74, 6) is 0.328. The van der Waals surface area contributed by atoms with Crippen molar-refractivity contribution in [3.8, 4) is 0 Å². The Morgan fingerprint density at radius 3 is 2.33 bits per heavy atom. The van der Waals surface area contributed by atoms with E-state index in [1.54, 1.807) is 4.90 Å². The molecule has 0 spiro atoms. The molecule has 0 aliphatic carbocycles. The van der Waals surface area contributed by atoms with E-state index in [1.807, 2.05) is 20.8 Å². The van der Waals surface area contributed by atoms with Crippen molar-refractivity contribution in [2.24, 2.45) is 0 Å². The molecule has 0 aliphatic rings. The van der Waals surface area contributed by atoms with Gasteiger partial charge in [-0.15, -0.1) is 0 Å². The Kier molecular flexibility index (Phi) is 7.14. The standard InChI is InChI=1S/C11H19NO3/c1-5-10(9-14-8-4)15-11(13)12(6-2)7-3/h5,9H,1,6-8H2,2-4H3. The van der Waals surface area contributed by atoms with Crippen molar-refractivity contribution < 1.29 is 14.3 Å². The van der Waals surface area contributed by atoms with Gasteiger partial charge in [-0.3, -0.25) is 0 Å². The van der Waals surface area contributed by atoms with E-state index in [2.05, 4.69) is 6.58 Å².